The molecule has 3 nitrogen and oxygen atoms in total. The fourth-order valence-corrected chi connectivity index (χ4v) is 3.53. The van der Waals surface area contributed by atoms with Crippen molar-refractivity contribution >= 4 is 5.91 Å². The van der Waals surface area contributed by atoms with Gasteiger partial charge in [0.1, 0.15) is 0 Å². The number of carbonyl (C=O) groups excluding carboxylic acids is 1. The van der Waals surface area contributed by atoms with E-state index < -0.39 is 0 Å². The summed E-state index contributed by atoms with van der Waals surface area (Å²) >= 11 is 0. The van der Waals surface area contributed by atoms with Gasteiger partial charge in [0, 0.05) is 31.5 Å². The summed E-state index contributed by atoms with van der Waals surface area (Å²) in [5, 5.41) is 9.15. The first-order valence-corrected chi connectivity index (χ1v) is 7.64. The molecule has 0 spiro atoms. The number of nitrogens with zero attached hydrogens (tertiary/aromatic N) is 1. The molecule has 3 heteroatoms. The summed E-state index contributed by atoms with van der Waals surface area (Å²) in [6.45, 7) is 3.99. The van der Waals surface area contributed by atoms with E-state index in [4.69, 9.17) is 5.11 Å². The topological polar surface area (TPSA) is 40.5 Å². The molecular weight excluding hydrogens is 226 g/mol. The Morgan fingerprint density at radius 3 is 2.56 bits per heavy atom. The van der Waals surface area contributed by atoms with Crippen LogP contribution >= 0.6 is 0 Å². The predicted molar refractivity (Wildman–Crippen MR) is 72.1 cm³/mol. The highest BCUT2D eigenvalue weighted by atomic mass is 16.3. The molecule has 2 fully saturated rings. The van der Waals surface area contributed by atoms with E-state index in [-0.39, 0.29) is 12.5 Å². The Morgan fingerprint density at radius 2 is 2.00 bits per heavy atom. The van der Waals surface area contributed by atoms with Crippen molar-refractivity contribution in [1.29, 1.82) is 0 Å². The maximum Gasteiger partial charge on any atom is 0.225 e. The first-order valence-electron chi connectivity index (χ1n) is 7.64. The van der Waals surface area contributed by atoms with Crippen molar-refractivity contribution in [2.45, 2.75) is 51.9 Å². The van der Waals surface area contributed by atoms with Crippen molar-refractivity contribution in [3.05, 3.63) is 0 Å². The van der Waals surface area contributed by atoms with Gasteiger partial charge in [-0.25, -0.2) is 0 Å². The van der Waals surface area contributed by atoms with E-state index in [9.17, 15) is 4.79 Å². The summed E-state index contributed by atoms with van der Waals surface area (Å²) in [4.78, 5) is 14.5. The number of hydrogen-bond donors (Lipinski definition) is 1. The molecule has 1 saturated heterocycles. The molecule has 0 aromatic heterocycles. The van der Waals surface area contributed by atoms with Gasteiger partial charge in [-0.05, 0) is 25.2 Å². The van der Waals surface area contributed by atoms with Crippen LogP contribution in [0.25, 0.3) is 0 Å². The van der Waals surface area contributed by atoms with Crippen LogP contribution < -0.4 is 0 Å². The number of aliphatic hydroxyl groups is 1. The fraction of sp³-hybridized carbons (Fsp3) is 0.933. The smallest absolute Gasteiger partial charge is 0.225 e. The minimum Gasteiger partial charge on any atom is -0.396 e. The van der Waals surface area contributed by atoms with Gasteiger partial charge in [0.25, 0.3) is 0 Å². The monoisotopic (exact) mass is 253 g/mol. The van der Waals surface area contributed by atoms with Crippen LogP contribution in [0.4, 0.5) is 0 Å². The molecule has 18 heavy (non-hydrogen) atoms. The Bertz CT molecular complexity index is 274. The molecule has 0 aromatic carbocycles. The molecule has 0 bridgehead atoms. The summed E-state index contributed by atoms with van der Waals surface area (Å²) in [5.41, 5.74) is 0. The van der Waals surface area contributed by atoms with Crippen molar-refractivity contribution in [2.24, 2.45) is 17.8 Å². The van der Waals surface area contributed by atoms with Gasteiger partial charge in [0.15, 0.2) is 0 Å². The zero-order valence-electron chi connectivity index (χ0n) is 11.6. The van der Waals surface area contributed by atoms with Gasteiger partial charge in [0.2, 0.25) is 5.91 Å². The van der Waals surface area contributed by atoms with E-state index >= 15 is 0 Å². The van der Waals surface area contributed by atoms with Crippen LogP contribution in [-0.2, 0) is 4.79 Å². The Morgan fingerprint density at radius 1 is 1.28 bits per heavy atom. The van der Waals surface area contributed by atoms with E-state index in [1.54, 1.807) is 0 Å². The van der Waals surface area contributed by atoms with Gasteiger partial charge in [-0.2, -0.15) is 0 Å². The zero-order valence-corrected chi connectivity index (χ0v) is 11.6. The van der Waals surface area contributed by atoms with Crippen LogP contribution in [0.5, 0.6) is 0 Å². The highest BCUT2D eigenvalue weighted by molar-refractivity contribution is 5.79. The minimum atomic E-state index is 0.225. The predicted octanol–water partition coefficient (Wildman–Crippen LogP) is 2.43. The summed E-state index contributed by atoms with van der Waals surface area (Å²) < 4.78 is 0. The Balaban J connectivity index is 1.85. The quantitative estimate of drug-likeness (QED) is 0.817. The highest BCUT2D eigenvalue weighted by Gasteiger charge is 2.31. The maximum absolute atomic E-state index is 12.5. The molecular formula is C15H27NO2. The van der Waals surface area contributed by atoms with Gasteiger partial charge < -0.3 is 10.0 Å². The van der Waals surface area contributed by atoms with E-state index in [0.29, 0.717) is 11.8 Å². The summed E-state index contributed by atoms with van der Waals surface area (Å²) in [6.07, 6.45) is 8.39. The lowest BCUT2D eigenvalue weighted by Gasteiger charge is -2.24. The zero-order chi connectivity index (χ0) is 13.0. The lowest BCUT2D eigenvalue weighted by Crippen LogP contribution is -2.35. The minimum absolute atomic E-state index is 0.225. The molecule has 104 valence electrons. The van der Waals surface area contributed by atoms with Crippen LogP contribution in [0.15, 0.2) is 0 Å². The third-order valence-corrected chi connectivity index (χ3v) is 4.79. The van der Waals surface area contributed by atoms with Crippen molar-refractivity contribution in [2.75, 3.05) is 19.7 Å². The van der Waals surface area contributed by atoms with Gasteiger partial charge >= 0.3 is 0 Å². The number of likely N-dealkylation sites (tertiary alicyclic amines) is 1. The molecule has 2 unspecified atom stereocenters. The summed E-state index contributed by atoms with van der Waals surface area (Å²) in [5.74, 6) is 1.68. The molecule has 1 amide bonds. The van der Waals surface area contributed by atoms with Crippen molar-refractivity contribution in [3.63, 3.8) is 0 Å². The average Bonchev–Trinajstić information content (AvgIpc) is 3.06. The molecule has 2 atom stereocenters. The van der Waals surface area contributed by atoms with Crippen LogP contribution in [0.1, 0.15) is 51.9 Å². The molecule has 1 aliphatic heterocycles. The highest BCUT2D eigenvalue weighted by Crippen LogP contribution is 2.32. The Kier molecular flexibility index (Phi) is 5.04. The number of carbonyl (C=O) groups is 1. The Hall–Kier alpha value is -0.570. The van der Waals surface area contributed by atoms with Gasteiger partial charge in [-0.1, -0.05) is 32.6 Å². The average molecular weight is 253 g/mol. The number of amides is 1. The first kappa shape index (κ1) is 13.9. The summed E-state index contributed by atoms with van der Waals surface area (Å²) in [6, 6.07) is 0. The third-order valence-electron chi connectivity index (χ3n) is 4.79. The second-order valence-corrected chi connectivity index (χ2v) is 6.11. The van der Waals surface area contributed by atoms with Crippen molar-refractivity contribution in [1.82, 2.24) is 4.90 Å². The van der Waals surface area contributed by atoms with Crippen LogP contribution in [0.3, 0.4) is 0 Å². The van der Waals surface area contributed by atoms with Crippen LogP contribution in [0, 0.1) is 17.8 Å². The van der Waals surface area contributed by atoms with Crippen molar-refractivity contribution in [3.8, 4) is 0 Å². The van der Waals surface area contributed by atoms with Crippen LogP contribution in [-0.4, -0.2) is 35.6 Å². The molecule has 1 aliphatic carbocycles. The third kappa shape index (κ3) is 3.25. The normalized spacial score (nSPS) is 26.8. The molecule has 2 aliphatic rings. The van der Waals surface area contributed by atoms with E-state index in [1.165, 1.54) is 25.7 Å². The van der Waals surface area contributed by atoms with E-state index in [2.05, 4.69) is 6.92 Å². The lowest BCUT2D eigenvalue weighted by atomic mass is 9.90. The molecule has 1 heterocycles. The molecule has 0 radical (unpaired) electrons. The lowest BCUT2D eigenvalue weighted by molar-refractivity contribution is -0.135. The largest absolute Gasteiger partial charge is 0.396 e. The number of rotatable bonds is 5. The molecule has 1 saturated carbocycles. The van der Waals surface area contributed by atoms with Gasteiger partial charge in [-0.15, -0.1) is 0 Å². The summed E-state index contributed by atoms with van der Waals surface area (Å²) in [7, 11) is 0. The SMILES string of the molecule is CCC(CC1CCCC1)C(=O)N1CCC(CO)C1. The maximum atomic E-state index is 12.5. The fourth-order valence-electron chi connectivity index (χ4n) is 3.53. The molecule has 2 rings (SSSR count). The standard InChI is InChI=1S/C15H27NO2/c1-2-14(9-12-5-3-4-6-12)15(18)16-8-7-13(10-16)11-17/h12-14,17H,2-11H2,1H3. The van der Waals surface area contributed by atoms with E-state index in [0.717, 1.165) is 38.3 Å². The Labute approximate surface area is 111 Å². The van der Waals surface area contributed by atoms with Gasteiger partial charge in [0.05, 0.1) is 0 Å². The second-order valence-electron chi connectivity index (χ2n) is 6.11. The van der Waals surface area contributed by atoms with Gasteiger partial charge in [-0.3, -0.25) is 4.79 Å². The number of aliphatic hydroxyl groups excluding tert-OH is 1. The van der Waals surface area contributed by atoms with E-state index in [1.807, 2.05) is 4.90 Å². The molecule has 0 aromatic rings. The molecule has 1 N–H and O–H groups in total. The number of hydrogen-bond acceptors (Lipinski definition) is 2. The second kappa shape index (κ2) is 6.55. The van der Waals surface area contributed by atoms with Crippen molar-refractivity contribution < 1.29 is 9.90 Å². The first-order chi connectivity index (χ1) is 8.74. The van der Waals surface area contributed by atoms with Crippen LogP contribution in [0.2, 0.25) is 0 Å².